The van der Waals surface area contributed by atoms with Crippen LogP contribution in [0.4, 0.5) is 13.2 Å². The van der Waals surface area contributed by atoms with Crippen molar-refractivity contribution in [2.24, 2.45) is 5.92 Å². The van der Waals surface area contributed by atoms with Crippen molar-refractivity contribution in [2.45, 2.75) is 33.2 Å². The molecule has 1 nitrogen and oxygen atoms in total. The molecule has 0 saturated heterocycles. The van der Waals surface area contributed by atoms with Crippen LogP contribution in [0.25, 0.3) is 0 Å². The Morgan fingerprint density at radius 2 is 1.65 bits per heavy atom. The van der Waals surface area contributed by atoms with Crippen molar-refractivity contribution < 1.29 is 13.2 Å². The highest BCUT2D eigenvalue weighted by Gasteiger charge is 2.24. The predicted molar refractivity (Wildman–Crippen MR) is 62.2 cm³/mol. The first-order chi connectivity index (χ1) is 8.01. The Bertz CT molecular complexity index is 356. The van der Waals surface area contributed by atoms with Gasteiger partial charge in [-0.1, -0.05) is 27.2 Å². The summed E-state index contributed by atoms with van der Waals surface area (Å²) in [5.74, 6) is -2.46. The number of benzene rings is 1. The van der Waals surface area contributed by atoms with Crippen LogP contribution in [-0.4, -0.2) is 6.54 Å². The summed E-state index contributed by atoms with van der Waals surface area (Å²) in [6, 6.07) is 1.03. The molecule has 2 atom stereocenters. The van der Waals surface area contributed by atoms with Gasteiger partial charge >= 0.3 is 0 Å². The van der Waals surface area contributed by atoms with Gasteiger partial charge in [-0.3, -0.25) is 0 Å². The van der Waals surface area contributed by atoms with E-state index in [2.05, 4.69) is 5.32 Å². The molecule has 0 aromatic heterocycles. The molecule has 0 aliphatic heterocycles. The van der Waals surface area contributed by atoms with E-state index in [0.29, 0.717) is 6.54 Å². The smallest absolute Gasteiger partial charge is 0.133 e. The van der Waals surface area contributed by atoms with Gasteiger partial charge < -0.3 is 5.32 Å². The molecule has 0 saturated carbocycles. The summed E-state index contributed by atoms with van der Waals surface area (Å²) in [5, 5.41) is 3.05. The highest BCUT2D eigenvalue weighted by Crippen LogP contribution is 2.29. The van der Waals surface area contributed by atoms with Crippen molar-refractivity contribution in [1.29, 1.82) is 0 Å². The molecule has 2 unspecified atom stereocenters. The third kappa shape index (κ3) is 3.22. The average Bonchev–Trinajstić information content (AvgIpc) is 2.25. The van der Waals surface area contributed by atoms with Gasteiger partial charge in [-0.05, 0) is 12.5 Å². The minimum absolute atomic E-state index is 0.0670. The van der Waals surface area contributed by atoms with Crippen molar-refractivity contribution in [3.63, 3.8) is 0 Å². The molecule has 0 fully saturated rings. The molecule has 0 spiro atoms. The zero-order chi connectivity index (χ0) is 13.0. The Labute approximate surface area is 100 Å². The number of halogens is 3. The molecule has 17 heavy (non-hydrogen) atoms. The highest BCUT2D eigenvalue weighted by atomic mass is 19.1. The molecule has 0 amide bonds. The Kier molecular flexibility index (Phi) is 5.00. The van der Waals surface area contributed by atoms with Gasteiger partial charge in [0.2, 0.25) is 0 Å². The number of hydrogen-bond acceptors (Lipinski definition) is 1. The van der Waals surface area contributed by atoms with Crippen molar-refractivity contribution in [1.82, 2.24) is 5.32 Å². The summed E-state index contributed by atoms with van der Waals surface area (Å²) >= 11 is 0. The summed E-state index contributed by atoms with van der Waals surface area (Å²) in [6.45, 7) is 6.34. The van der Waals surface area contributed by atoms with Crippen LogP contribution in [0.3, 0.4) is 0 Å². The van der Waals surface area contributed by atoms with Crippen LogP contribution in [-0.2, 0) is 0 Å². The van der Waals surface area contributed by atoms with Crippen molar-refractivity contribution in [3.8, 4) is 0 Å². The maximum atomic E-state index is 13.7. The molecule has 0 aliphatic rings. The molecular weight excluding hydrogens is 227 g/mol. The third-order valence-electron chi connectivity index (χ3n) is 2.99. The van der Waals surface area contributed by atoms with Gasteiger partial charge in [0.05, 0.1) is 0 Å². The molecule has 1 aromatic carbocycles. The average molecular weight is 245 g/mol. The lowest BCUT2D eigenvalue weighted by Gasteiger charge is -2.25. The number of hydrogen-bond donors (Lipinski definition) is 1. The molecule has 1 rings (SSSR count). The molecular formula is C13H18F3N. The van der Waals surface area contributed by atoms with Crippen LogP contribution in [0.2, 0.25) is 0 Å². The molecule has 96 valence electrons. The van der Waals surface area contributed by atoms with E-state index in [9.17, 15) is 13.2 Å². The van der Waals surface area contributed by atoms with Gasteiger partial charge in [0.1, 0.15) is 17.5 Å². The Hall–Kier alpha value is -1.03. The number of rotatable bonds is 5. The summed E-state index contributed by atoms with van der Waals surface area (Å²) < 4.78 is 40.2. The zero-order valence-electron chi connectivity index (χ0n) is 10.4. The van der Waals surface area contributed by atoms with Crippen LogP contribution in [0, 0.1) is 23.4 Å². The Morgan fingerprint density at radius 3 is 2.06 bits per heavy atom. The largest absolute Gasteiger partial charge is 0.310 e. The lowest BCUT2D eigenvalue weighted by atomic mass is 9.91. The number of nitrogens with one attached hydrogen (secondary N) is 1. The summed E-state index contributed by atoms with van der Waals surface area (Å²) in [7, 11) is 0. The standard InChI is InChI=1S/C13H18F3N/c1-4-8(3)13(17-5-2)12-10(15)6-9(14)7-11(12)16/h6-8,13,17H,4-5H2,1-3H3. The topological polar surface area (TPSA) is 12.0 Å². The maximum absolute atomic E-state index is 13.7. The second kappa shape index (κ2) is 6.05. The second-order valence-electron chi connectivity index (χ2n) is 4.20. The first-order valence-corrected chi connectivity index (χ1v) is 5.89. The van der Waals surface area contributed by atoms with Crippen LogP contribution < -0.4 is 5.32 Å². The minimum atomic E-state index is -0.886. The Morgan fingerprint density at radius 1 is 1.12 bits per heavy atom. The van der Waals surface area contributed by atoms with E-state index in [0.717, 1.165) is 18.6 Å². The first kappa shape index (κ1) is 14.0. The van der Waals surface area contributed by atoms with E-state index < -0.39 is 23.5 Å². The fraction of sp³-hybridized carbons (Fsp3) is 0.538. The van der Waals surface area contributed by atoms with Crippen LogP contribution in [0.1, 0.15) is 38.8 Å². The summed E-state index contributed by atoms with van der Waals surface area (Å²) in [6.07, 6.45) is 0.786. The minimum Gasteiger partial charge on any atom is -0.310 e. The van der Waals surface area contributed by atoms with Gasteiger partial charge in [0.15, 0.2) is 0 Å². The molecule has 0 bridgehead atoms. The fourth-order valence-electron chi connectivity index (χ4n) is 1.89. The summed E-state index contributed by atoms with van der Waals surface area (Å²) in [5.41, 5.74) is -0.0670. The first-order valence-electron chi connectivity index (χ1n) is 5.89. The van der Waals surface area contributed by atoms with E-state index in [1.54, 1.807) is 0 Å². The quantitative estimate of drug-likeness (QED) is 0.832. The predicted octanol–water partition coefficient (Wildman–Crippen LogP) is 3.80. The molecule has 0 radical (unpaired) electrons. The van der Waals surface area contributed by atoms with Gasteiger partial charge in [0, 0.05) is 23.7 Å². The lowest BCUT2D eigenvalue weighted by molar-refractivity contribution is 0.356. The normalized spacial score (nSPS) is 14.7. The highest BCUT2D eigenvalue weighted by molar-refractivity contribution is 5.24. The van der Waals surface area contributed by atoms with Gasteiger partial charge in [-0.25, -0.2) is 13.2 Å². The van der Waals surface area contributed by atoms with Crippen LogP contribution >= 0.6 is 0 Å². The Balaban J connectivity index is 3.18. The SMILES string of the molecule is CCNC(c1c(F)cc(F)cc1F)C(C)CC. The van der Waals surface area contributed by atoms with E-state index in [1.165, 1.54) is 0 Å². The molecule has 0 heterocycles. The van der Waals surface area contributed by atoms with E-state index in [4.69, 9.17) is 0 Å². The maximum Gasteiger partial charge on any atom is 0.133 e. The zero-order valence-corrected chi connectivity index (χ0v) is 10.4. The van der Waals surface area contributed by atoms with Gasteiger partial charge in [0.25, 0.3) is 0 Å². The van der Waals surface area contributed by atoms with Crippen LogP contribution in [0.15, 0.2) is 12.1 Å². The summed E-state index contributed by atoms with van der Waals surface area (Å²) in [4.78, 5) is 0. The van der Waals surface area contributed by atoms with E-state index >= 15 is 0 Å². The van der Waals surface area contributed by atoms with E-state index in [1.807, 2.05) is 20.8 Å². The molecule has 4 heteroatoms. The van der Waals surface area contributed by atoms with Gasteiger partial charge in [-0.2, -0.15) is 0 Å². The monoisotopic (exact) mass is 245 g/mol. The molecule has 1 N–H and O–H groups in total. The molecule has 0 aliphatic carbocycles. The second-order valence-corrected chi connectivity index (χ2v) is 4.20. The van der Waals surface area contributed by atoms with Crippen molar-refractivity contribution in [2.75, 3.05) is 6.54 Å². The van der Waals surface area contributed by atoms with Gasteiger partial charge in [-0.15, -0.1) is 0 Å². The van der Waals surface area contributed by atoms with Crippen molar-refractivity contribution >= 4 is 0 Å². The molecule has 1 aromatic rings. The third-order valence-corrected chi connectivity index (χ3v) is 2.99. The fourth-order valence-corrected chi connectivity index (χ4v) is 1.89. The van der Waals surface area contributed by atoms with Crippen molar-refractivity contribution in [3.05, 3.63) is 35.1 Å². The van der Waals surface area contributed by atoms with E-state index in [-0.39, 0.29) is 11.5 Å². The van der Waals surface area contributed by atoms with Crippen LogP contribution in [0.5, 0.6) is 0 Å². The lowest BCUT2D eigenvalue weighted by Crippen LogP contribution is -2.28.